The van der Waals surface area contributed by atoms with Crippen LogP contribution in [0.2, 0.25) is 0 Å². The van der Waals surface area contributed by atoms with Crippen molar-refractivity contribution >= 4 is 38.5 Å². The van der Waals surface area contributed by atoms with Crippen LogP contribution in [0.3, 0.4) is 0 Å². The van der Waals surface area contributed by atoms with Gasteiger partial charge in [-0.3, -0.25) is 14.9 Å². The fraction of sp³-hybridized carbons (Fsp3) is 0.115. The van der Waals surface area contributed by atoms with E-state index in [4.69, 9.17) is 9.47 Å². The van der Waals surface area contributed by atoms with Crippen LogP contribution in [0.5, 0.6) is 11.5 Å². The number of hydrogen-bond donors (Lipinski definition) is 0. The second-order valence-corrected chi connectivity index (χ2v) is 9.57. The van der Waals surface area contributed by atoms with Crippen molar-refractivity contribution in [2.45, 2.75) is 11.8 Å². The SMILES string of the molecule is COc1cc(/C=C/C(=O)c2c(C)n(S(=O)(=O)c3ccccc3)c3ccccc23)c([N+](=O)[O-])cc1OC. The van der Waals surface area contributed by atoms with Gasteiger partial charge < -0.3 is 9.47 Å². The van der Waals surface area contributed by atoms with Crippen molar-refractivity contribution < 1.29 is 27.6 Å². The van der Waals surface area contributed by atoms with Crippen molar-refractivity contribution in [2.75, 3.05) is 14.2 Å². The molecule has 0 unspecified atom stereocenters. The van der Waals surface area contributed by atoms with E-state index in [0.29, 0.717) is 10.9 Å². The van der Waals surface area contributed by atoms with Gasteiger partial charge in [-0.1, -0.05) is 36.4 Å². The zero-order valence-corrected chi connectivity index (χ0v) is 20.5. The number of nitrogens with zero attached hydrogens (tertiary/aromatic N) is 2. The number of aromatic nitrogens is 1. The largest absolute Gasteiger partial charge is 0.493 e. The van der Waals surface area contributed by atoms with Crippen molar-refractivity contribution in [3.05, 3.63) is 99.7 Å². The topological polar surface area (TPSA) is 118 Å². The number of carbonyl (C=O) groups is 1. The summed E-state index contributed by atoms with van der Waals surface area (Å²) in [5, 5.41) is 12.1. The molecule has 0 saturated heterocycles. The summed E-state index contributed by atoms with van der Waals surface area (Å²) in [7, 11) is -1.23. The molecule has 3 aromatic carbocycles. The molecule has 0 spiro atoms. The molecule has 1 aromatic heterocycles. The summed E-state index contributed by atoms with van der Waals surface area (Å²) in [5.41, 5.74) is 0.625. The fourth-order valence-corrected chi connectivity index (χ4v) is 5.66. The first-order valence-electron chi connectivity index (χ1n) is 10.7. The van der Waals surface area contributed by atoms with Gasteiger partial charge in [-0.2, -0.15) is 0 Å². The average molecular weight is 507 g/mol. The van der Waals surface area contributed by atoms with Gasteiger partial charge in [0.05, 0.1) is 46.7 Å². The van der Waals surface area contributed by atoms with E-state index in [1.165, 1.54) is 50.6 Å². The Labute approximate surface area is 207 Å². The molecule has 4 aromatic rings. The molecule has 0 N–H and O–H groups in total. The minimum atomic E-state index is -3.99. The van der Waals surface area contributed by atoms with Gasteiger partial charge in [0.25, 0.3) is 15.7 Å². The third-order valence-electron chi connectivity index (χ3n) is 5.73. The first-order valence-corrected chi connectivity index (χ1v) is 12.2. The molecule has 10 heteroatoms. The Bertz CT molecular complexity index is 1620. The molecule has 36 heavy (non-hydrogen) atoms. The monoisotopic (exact) mass is 506 g/mol. The summed E-state index contributed by atoms with van der Waals surface area (Å²) < 4.78 is 38.4. The van der Waals surface area contributed by atoms with Gasteiger partial charge in [0, 0.05) is 11.1 Å². The highest BCUT2D eigenvalue weighted by Crippen LogP contribution is 2.36. The maximum atomic E-state index is 13.5. The van der Waals surface area contributed by atoms with E-state index in [1.807, 2.05) is 0 Å². The number of para-hydroxylation sites is 1. The van der Waals surface area contributed by atoms with Crippen LogP contribution >= 0.6 is 0 Å². The molecule has 0 aliphatic rings. The number of hydrogen-bond acceptors (Lipinski definition) is 7. The van der Waals surface area contributed by atoms with Crippen molar-refractivity contribution in [3.8, 4) is 11.5 Å². The van der Waals surface area contributed by atoms with Gasteiger partial charge >= 0.3 is 0 Å². The Kier molecular flexibility index (Phi) is 6.63. The molecule has 9 nitrogen and oxygen atoms in total. The molecule has 0 atom stereocenters. The summed E-state index contributed by atoms with van der Waals surface area (Å²) >= 11 is 0. The van der Waals surface area contributed by atoms with Crippen LogP contribution < -0.4 is 9.47 Å². The number of rotatable bonds is 8. The summed E-state index contributed by atoms with van der Waals surface area (Å²) in [6, 6.07) is 17.2. The van der Waals surface area contributed by atoms with Crippen molar-refractivity contribution in [1.29, 1.82) is 0 Å². The van der Waals surface area contributed by atoms with Crippen LogP contribution in [0.25, 0.3) is 17.0 Å². The lowest BCUT2D eigenvalue weighted by Gasteiger charge is -2.10. The minimum Gasteiger partial charge on any atom is -0.493 e. The maximum absolute atomic E-state index is 13.5. The van der Waals surface area contributed by atoms with Crippen LogP contribution in [0.4, 0.5) is 5.69 Å². The molecule has 0 aliphatic heterocycles. The number of benzene rings is 3. The lowest BCUT2D eigenvalue weighted by molar-refractivity contribution is -0.385. The summed E-state index contributed by atoms with van der Waals surface area (Å²) in [6.45, 7) is 1.56. The van der Waals surface area contributed by atoms with E-state index in [2.05, 4.69) is 0 Å². The van der Waals surface area contributed by atoms with Crippen molar-refractivity contribution in [1.82, 2.24) is 3.97 Å². The summed E-state index contributed by atoms with van der Waals surface area (Å²) in [5.74, 6) is -0.0653. The van der Waals surface area contributed by atoms with Gasteiger partial charge in [-0.05, 0) is 43.3 Å². The standard InChI is InChI=1S/C26H22N2O7S/c1-17-26(23(29)14-13-18-15-24(34-2)25(35-3)16-22(18)28(30)31)20-11-7-8-12-21(20)27(17)36(32,33)19-9-5-4-6-10-19/h4-16H,1-3H3/b14-13+. The number of allylic oxidation sites excluding steroid dienone is 1. The number of methoxy groups -OCH3 is 2. The first-order chi connectivity index (χ1) is 17.2. The van der Waals surface area contributed by atoms with Crippen LogP contribution in [0.1, 0.15) is 21.6 Å². The predicted molar refractivity (Wildman–Crippen MR) is 135 cm³/mol. The quantitative estimate of drug-likeness (QED) is 0.143. The normalized spacial score (nSPS) is 11.6. The Morgan fingerprint density at radius 2 is 1.58 bits per heavy atom. The Hall–Kier alpha value is -4.44. The first kappa shape index (κ1) is 24.7. The van der Waals surface area contributed by atoms with Crippen LogP contribution in [-0.2, 0) is 10.0 Å². The molecular weight excluding hydrogens is 484 g/mol. The number of fused-ring (bicyclic) bond motifs is 1. The molecule has 0 amide bonds. The minimum absolute atomic E-state index is 0.0874. The average Bonchev–Trinajstić information content (AvgIpc) is 3.19. The number of carbonyl (C=O) groups excluding carboxylic acids is 1. The molecule has 184 valence electrons. The second-order valence-electron chi connectivity index (χ2n) is 7.78. The molecule has 0 bridgehead atoms. The zero-order chi connectivity index (χ0) is 26.0. The smallest absolute Gasteiger partial charge is 0.280 e. The van der Waals surface area contributed by atoms with E-state index in [1.54, 1.807) is 49.4 Å². The molecular formula is C26H22N2O7S. The zero-order valence-electron chi connectivity index (χ0n) is 19.7. The number of ether oxygens (including phenoxy) is 2. The second kappa shape index (κ2) is 9.67. The Morgan fingerprint density at radius 1 is 0.972 bits per heavy atom. The van der Waals surface area contributed by atoms with Crippen LogP contribution in [0.15, 0.2) is 77.7 Å². The third-order valence-corrected chi connectivity index (χ3v) is 7.55. The van der Waals surface area contributed by atoms with Crippen molar-refractivity contribution in [2.24, 2.45) is 0 Å². The molecule has 0 saturated carbocycles. The fourth-order valence-electron chi connectivity index (χ4n) is 4.08. The summed E-state index contributed by atoms with van der Waals surface area (Å²) in [4.78, 5) is 24.5. The Morgan fingerprint density at radius 3 is 2.22 bits per heavy atom. The van der Waals surface area contributed by atoms with E-state index in [0.717, 1.165) is 3.97 Å². The molecule has 4 rings (SSSR count). The lowest BCUT2D eigenvalue weighted by atomic mass is 10.0. The van der Waals surface area contributed by atoms with Crippen molar-refractivity contribution in [3.63, 3.8) is 0 Å². The Balaban J connectivity index is 1.85. The molecule has 0 radical (unpaired) electrons. The molecule has 0 fully saturated rings. The lowest BCUT2D eigenvalue weighted by Crippen LogP contribution is -2.15. The highest BCUT2D eigenvalue weighted by atomic mass is 32.2. The number of nitro groups is 1. The molecule has 0 aliphatic carbocycles. The van der Waals surface area contributed by atoms with E-state index in [-0.39, 0.29) is 38.9 Å². The predicted octanol–water partition coefficient (Wildman–Crippen LogP) is 5.01. The highest BCUT2D eigenvalue weighted by Gasteiger charge is 2.27. The number of nitro benzene ring substituents is 1. The van der Waals surface area contributed by atoms with E-state index < -0.39 is 20.7 Å². The van der Waals surface area contributed by atoms with Gasteiger partial charge in [-0.15, -0.1) is 0 Å². The van der Waals surface area contributed by atoms with Gasteiger partial charge in [-0.25, -0.2) is 12.4 Å². The van der Waals surface area contributed by atoms with Gasteiger partial charge in [0.2, 0.25) is 0 Å². The highest BCUT2D eigenvalue weighted by molar-refractivity contribution is 7.90. The third kappa shape index (κ3) is 4.22. The number of ketones is 1. The van der Waals surface area contributed by atoms with Crippen LogP contribution in [0, 0.1) is 17.0 Å². The summed E-state index contributed by atoms with van der Waals surface area (Å²) in [6.07, 6.45) is 2.49. The van der Waals surface area contributed by atoms with E-state index >= 15 is 0 Å². The van der Waals surface area contributed by atoms with Crippen LogP contribution in [-0.4, -0.2) is 37.3 Å². The van der Waals surface area contributed by atoms with Gasteiger partial charge in [0.15, 0.2) is 17.3 Å². The maximum Gasteiger partial charge on any atom is 0.280 e. The van der Waals surface area contributed by atoms with Gasteiger partial charge in [0.1, 0.15) is 0 Å². The van der Waals surface area contributed by atoms with E-state index in [9.17, 15) is 23.3 Å². The molecule has 1 heterocycles.